The Balaban J connectivity index is 1.87. The van der Waals surface area contributed by atoms with E-state index in [-0.39, 0.29) is 23.9 Å². The molecule has 1 aromatic carbocycles. The predicted octanol–water partition coefficient (Wildman–Crippen LogP) is 1.59. The number of amides is 1. The van der Waals surface area contributed by atoms with Crippen LogP contribution in [-0.2, 0) is 0 Å². The van der Waals surface area contributed by atoms with Gasteiger partial charge in [0, 0.05) is 24.5 Å². The van der Waals surface area contributed by atoms with E-state index in [0.717, 1.165) is 6.20 Å². The minimum absolute atomic E-state index is 0.0216. The van der Waals surface area contributed by atoms with Crippen LogP contribution < -0.4 is 22.1 Å². The van der Waals surface area contributed by atoms with E-state index in [1.165, 1.54) is 17.2 Å². The molecule has 0 saturated carbocycles. The van der Waals surface area contributed by atoms with Crippen LogP contribution in [0.25, 0.3) is 5.69 Å². The first-order valence-electron chi connectivity index (χ1n) is 8.69. The van der Waals surface area contributed by atoms with Gasteiger partial charge in [-0.3, -0.25) is 4.79 Å². The summed E-state index contributed by atoms with van der Waals surface area (Å²) in [5.74, 6) is -0.917. The summed E-state index contributed by atoms with van der Waals surface area (Å²) in [4.78, 5) is 21.1. The summed E-state index contributed by atoms with van der Waals surface area (Å²) in [7, 11) is 0. The maximum Gasteiger partial charge on any atom is 0.391 e. The normalized spacial score (nSPS) is 12.4. The van der Waals surface area contributed by atoms with Crippen molar-refractivity contribution < 1.29 is 18.0 Å². The minimum atomic E-state index is -4.41. The summed E-state index contributed by atoms with van der Waals surface area (Å²) in [6.45, 7) is -0.290. The maximum absolute atomic E-state index is 12.7. The van der Waals surface area contributed by atoms with Gasteiger partial charge in [0.05, 0.1) is 24.5 Å². The highest BCUT2D eigenvalue weighted by atomic mass is 19.4. The van der Waals surface area contributed by atoms with Gasteiger partial charge in [-0.25, -0.2) is 4.98 Å². The number of halogens is 3. The largest absolute Gasteiger partial charge is 0.391 e. The lowest BCUT2D eigenvalue weighted by atomic mass is 10.2. The van der Waals surface area contributed by atoms with E-state index >= 15 is 0 Å². The molecule has 0 radical (unpaired) electrons. The molecule has 0 saturated heterocycles. The number of rotatable bonds is 8. The molecule has 3 aromatic rings. The van der Waals surface area contributed by atoms with E-state index in [4.69, 9.17) is 11.5 Å². The number of primary amides is 1. The van der Waals surface area contributed by atoms with Gasteiger partial charge in [-0.2, -0.15) is 33.1 Å². The van der Waals surface area contributed by atoms with E-state index < -0.39 is 24.5 Å². The highest BCUT2D eigenvalue weighted by molar-refractivity contribution is 5.98. The number of nitrogens with two attached hydrogens (primary N) is 2. The number of benzene rings is 1. The first-order chi connectivity index (χ1) is 14.2. The Morgan fingerprint density at radius 1 is 1.23 bits per heavy atom. The molecule has 0 spiro atoms. The summed E-state index contributed by atoms with van der Waals surface area (Å²) in [5.41, 5.74) is 11.9. The Bertz CT molecular complexity index is 1010. The molecule has 2 aromatic heterocycles. The lowest BCUT2D eigenvalue weighted by Gasteiger charge is -2.19. The van der Waals surface area contributed by atoms with Gasteiger partial charge < -0.3 is 22.1 Å². The molecule has 13 heteroatoms. The molecule has 158 valence electrons. The third-order valence-electron chi connectivity index (χ3n) is 3.91. The van der Waals surface area contributed by atoms with Gasteiger partial charge in [0.15, 0.2) is 0 Å². The van der Waals surface area contributed by atoms with Crippen LogP contribution in [0.2, 0.25) is 0 Å². The van der Waals surface area contributed by atoms with Crippen molar-refractivity contribution in [1.29, 1.82) is 0 Å². The third kappa shape index (κ3) is 5.41. The number of hydrogen-bond acceptors (Lipinski definition) is 8. The SMILES string of the molecule is NCC(CC(F)(F)F)Nc1ncc(C(N)=O)c(Nc2cccc(-n3nccn3)c2)n1. The second-order valence-corrected chi connectivity index (χ2v) is 6.21. The molecular weight excluding hydrogens is 403 g/mol. The van der Waals surface area contributed by atoms with Gasteiger partial charge in [0.1, 0.15) is 11.4 Å². The number of carbonyl (C=O) groups excluding carboxylic acids is 1. The molecule has 1 amide bonds. The lowest BCUT2D eigenvalue weighted by Crippen LogP contribution is -2.34. The fourth-order valence-electron chi connectivity index (χ4n) is 2.58. The van der Waals surface area contributed by atoms with Crippen LogP contribution in [0.4, 0.5) is 30.6 Å². The van der Waals surface area contributed by atoms with Crippen molar-refractivity contribution in [3.63, 3.8) is 0 Å². The Labute approximate surface area is 168 Å². The van der Waals surface area contributed by atoms with Crippen molar-refractivity contribution in [1.82, 2.24) is 25.0 Å². The van der Waals surface area contributed by atoms with Gasteiger partial charge >= 0.3 is 6.18 Å². The third-order valence-corrected chi connectivity index (χ3v) is 3.91. The van der Waals surface area contributed by atoms with Crippen LogP contribution >= 0.6 is 0 Å². The van der Waals surface area contributed by atoms with Crippen LogP contribution in [0.1, 0.15) is 16.8 Å². The lowest BCUT2D eigenvalue weighted by molar-refractivity contribution is -0.136. The predicted molar refractivity (Wildman–Crippen MR) is 102 cm³/mol. The highest BCUT2D eigenvalue weighted by Crippen LogP contribution is 2.24. The molecule has 0 aliphatic carbocycles. The zero-order valence-electron chi connectivity index (χ0n) is 15.5. The van der Waals surface area contributed by atoms with Crippen LogP contribution in [0.15, 0.2) is 42.9 Å². The maximum atomic E-state index is 12.7. The molecule has 2 heterocycles. The molecule has 0 fully saturated rings. The number of anilines is 3. The summed E-state index contributed by atoms with van der Waals surface area (Å²) in [6.07, 6.45) is -1.41. The van der Waals surface area contributed by atoms with Crippen LogP contribution in [-0.4, -0.2) is 49.6 Å². The van der Waals surface area contributed by atoms with Gasteiger partial charge in [-0.15, -0.1) is 0 Å². The summed E-state index contributed by atoms with van der Waals surface area (Å²) in [6, 6.07) is 5.73. The topological polar surface area (TPSA) is 150 Å². The molecule has 1 unspecified atom stereocenters. The van der Waals surface area contributed by atoms with Crippen molar-refractivity contribution in [2.75, 3.05) is 17.2 Å². The van der Waals surface area contributed by atoms with Gasteiger partial charge in [-0.05, 0) is 18.2 Å². The van der Waals surface area contributed by atoms with E-state index in [0.29, 0.717) is 11.4 Å². The van der Waals surface area contributed by atoms with Crippen molar-refractivity contribution in [3.8, 4) is 5.69 Å². The fraction of sp³-hybridized carbons (Fsp3) is 0.235. The Morgan fingerprint density at radius 2 is 1.97 bits per heavy atom. The Morgan fingerprint density at radius 3 is 2.60 bits per heavy atom. The first kappa shape index (κ1) is 21.0. The quantitative estimate of drug-likeness (QED) is 0.428. The number of carbonyl (C=O) groups is 1. The molecule has 6 N–H and O–H groups in total. The molecule has 30 heavy (non-hydrogen) atoms. The van der Waals surface area contributed by atoms with Crippen molar-refractivity contribution in [2.45, 2.75) is 18.6 Å². The van der Waals surface area contributed by atoms with Crippen LogP contribution in [0.5, 0.6) is 0 Å². The zero-order valence-corrected chi connectivity index (χ0v) is 15.5. The van der Waals surface area contributed by atoms with E-state index in [9.17, 15) is 18.0 Å². The summed E-state index contributed by atoms with van der Waals surface area (Å²) >= 11 is 0. The van der Waals surface area contributed by atoms with Gasteiger partial charge in [-0.1, -0.05) is 6.07 Å². The fourth-order valence-corrected chi connectivity index (χ4v) is 2.58. The molecule has 0 aliphatic rings. The number of hydrogen-bond donors (Lipinski definition) is 4. The smallest absolute Gasteiger partial charge is 0.365 e. The molecule has 1 atom stereocenters. The van der Waals surface area contributed by atoms with Gasteiger partial charge in [0.25, 0.3) is 5.91 Å². The molecule has 0 aliphatic heterocycles. The first-order valence-corrected chi connectivity index (χ1v) is 8.69. The molecular formula is C17H18F3N9O. The zero-order chi connectivity index (χ0) is 21.7. The molecule has 3 rings (SSSR count). The monoisotopic (exact) mass is 421 g/mol. The van der Waals surface area contributed by atoms with E-state index in [1.807, 2.05) is 0 Å². The van der Waals surface area contributed by atoms with E-state index in [2.05, 4.69) is 30.8 Å². The second kappa shape index (κ2) is 8.73. The highest BCUT2D eigenvalue weighted by Gasteiger charge is 2.31. The summed E-state index contributed by atoms with van der Waals surface area (Å²) < 4.78 is 38.0. The van der Waals surface area contributed by atoms with Crippen molar-refractivity contribution in [3.05, 3.63) is 48.4 Å². The molecule has 10 nitrogen and oxygen atoms in total. The van der Waals surface area contributed by atoms with E-state index in [1.54, 1.807) is 24.3 Å². The van der Waals surface area contributed by atoms with Crippen molar-refractivity contribution in [2.24, 2.45) is 11.5 Å². The number of nitrogens with zero attached hydrogens (tertiary/aromatic N) is 5. The Hall–Kier alpha value is -3.74. The standard InChI is InChI=1S/C17H18F3N9O/c18-17(19,20)7-11(8-21)27-16-23-9-13(14(22)30)15(28-16)26-10-2-1-3-12(6-10)29-24-4-5-25-29/h1-6,9,11H,7-8,21H2,(H2,22,30)(H2,23,26,27,28). The van der Waals surface area contributed by atoms with Crippen LogP contribution in [0, 0.1) is 0 Å². The number of aromatic nitrogens is 5. The van der Waals surface area contributed by atoms with Gasteiger partial charge in [0.2, 0.25) is 5.95 Å². The summed E-state index contributed by atoms with van der Waals surface area (Å²) in [5, 5.41) is 13.5. The average molecular weight is 421 g/mol. The second-order valence-electron chi connectivity index (χ2n) is 6.21. The number of nitrogens with one attached hydrogen (secondary N) is 2. The average Bonchev–Trinajstić information content (AvgIpc) is 3.21. The Kier molecular flexibility index (Phi) is 6.11. The minimum Gasteiger partial charge on any atom is -0.365 e. The molecule has 0 bridgehead atoms. The van der Waals surface area contributed by atoms with Crippen LogP contribution in [0.3, 0.4) is 0 Å². The number of alkyl halides is 3. The van der Waals surface area contributed by atoms with Crippen molar-refractivity contribution >= 4 is 23.4 Å².